The first-order valence-electron chi connectivity index (χ1n) is 8.02. The van der Waals surface area contributed by atoms with E-state index in [1.807, 2.05) is 12.1 Å². The highest BCUT2D eigenvalue weighted by molar-refractivity contribution is 5.30. The predicted octanol–water partition coefficient (Wildman–Crippen LogP) is 4.52. The normalized spacial score (nSPS) is 25.8. The number of halogens is 1. The van der Waals surface area contributed by atoms with Crippen LogP contribution < -0.4 is 5.32 Å². The van der Waals surface area contributed by atoms with Gasteiger partial charge in [-0.25, -0.2) is 4.39 Å². The van der Waals surface area contributed by atoms with Gasteiger partial charge in [0.2, 0.25) is 0 Å². The molecule has 0 radical (unpaired) electrons. The molecule has 0 amide bonds. The summed E-state index contributed by atoms with van der Waals surface area (Å²) in [6, 6.07) is 7.17. The molecule has 0 spiro atoms. The van der Waals surface area contributed by atoms with E-state index in [0.29, 0.717) is 5.92 Å². The lowest BCUT2D eigenvalue weighted by Gasteiger charge is -2.49. The molecule has 0 unspecified atom stereocenters. The van der Waals surface area contributed by atoms with E-state index in [-0.39, 0.29) is 11.2 Å². The van der Waals surface area contributed by atoms with Gasteiger partial charge < -0.3 is 5.32 Å². The molecular weight excluding hydrogens is 249 g/mol. The Balaban J connectivity index is 2.03. The summed E-state index contributed by atoms with van der Waals surface area (Å²) in [5.41, 5.74) is 1.55. The van der Waals surface area contributed by atoms with Crippen LogP contribution in [0.5, 0.6) is 0 Å². The Bertz CT molecular complexity index is 404. The molecule has 0 atom stereocenters. The summed E-state index contributed by atoms with van der Waals surface area (Å²) in [5, 5.41) is 3.61. The van der Waals surface area contributed by atoms with Gasteiger partial charge in [-0.3, -0.25) is 0 Å². The molecule has 0 aromatic heterocycles. The maximum Gasteiger partial charge on any atom is 0.123 e. The molecular formula is C18H28FN. The first-order valence-corrected chi connectivity index (χ1v) is 8.02. The minimum absolute atomic E-state index is 0.136. The van der Waals surface area contributed by atoms with Crippen molar-refractivity contribution in [3.63, 3.8) is 0 Å². The molecule has 0 bridgehead atoms. The first kappa shape index (κ1) is 15.5. The van der Waals surface area contributed by atoms with Gasteiger partial charge in [0.25, 0.3) is 0 Å². The van der Waals surface area contributed by atoms with Crippen LogP contribution in [0.3, 0.4) is 0 Å². The van der Waals surface area contributed by atoms with Crippen molar-refractivity contribution < 1.29 is 4.39 Å². The maximum absolute atomic E-state index is 13.1. The number of hydrogen-bond acceptors (Lipinski definition) is 1. The second-order valence-electron chi connectivity index (χ2n) is 6.87. The summed E-state index contributed by atoms with van der Waals surface area (Å²) in [4.78, 5) is 0. The van der Waals surface area contributed by atoms with Gasteiger partial charge in [-0.15, -0.1) is 0 Å². The highest BCUT2D eigenvalue weighted by atomic mass is 19.1. The van der Waals surface area contributed by atoms with Crippen LogP contribution in [0.15, 0.2) is 24.3 Å². The maximum atomic E-state index is 13.1. The van der Waals surface area contributed by atoms with Crippen LogP contribution in [-0.2, 0) is 5.41 Å². The summed E-state index contributed by atoms with van der Waals surface area (Å²) in [6.45, 7) is 8.81. The fraction of sp³-hybridized carbons (Fsp3) is 0.667. The van der Waals surface area contributed by atoms with Crippen LogP contribution in [0.4, 0.5) is 4.39 Å². The predicted molar refractivity (Wildman–Crippen MR) is 83.4 cm³/mol. The third-order valence-corrected chi connectivity index (χ3v) is 4.53. The van der Waals surface area contributed by atoms with Crippen molar-refractivity contribution in [3.05, 3.63) is 35.6 Å². The lowest BCUT2D eigenvalue weighted by atomic mass is 9.57. The lowest BCUT2D eigenvalue weighted by molar-refractivity contribution is 0.127. The molecule has 0 saturated heterocycles. The minimum Gasteiger partial charge on any atom is -0.316 e. The standard InChI is InChI=1S/C18H28FN/c1-4-5-15-10-18(11-15,13-20-12-14(2)3)16-6-8-17(19)9-7-16/h6-9,14-15,20H,4-5,10-13H2,1-3H3. The van der Waals surface area contributed by atoms with Gasteiger partial charge in [0.1, 0.15) is 5.82 Å². The summed E-state index contributed by atoms with van der Waals surface area (Å²) in [5.74, 6) is 1.39. The number of benzene rings is 1. The average Bonchev–Trinajstić information content (AvgIpc) is 2.36. The molecule has 1 saturated carbocycles. The van der Waals surface area contributed by atoms with Crippen molar-refractivity contribution in [2.24, 2.45) is 11.8 Å². The lowest BCUT2D eigenvalue weighted by Crippen LogP contribution is -2.49. The topological polar surface area (TPSA) is 12.0 Å². The molecule has 1 aromatic rings. The number of rotatable bonds is 7. The SMILES string of the molecule is CCCC1CC(CNCC(C)C)(c2ccc(F)cc2)C1. The molecule has 2 heteroatoms. The molecule has 1 aromatic carbocycles. The monoisotopic (exact) mass is 277 g/mol. The zero-order chi connectivity index (χ0) is 14.6. The Hall–Kier alpha value is -0.890. The fourth-order valence-electron chi connectivity index (χ4n) is 3.54. The molecule has 20 heavy (non-hydrogen) atoms. The van der Waals surface area contributed by atoms with Crippen LogP contribution in [0, 0.1) is 17.7 Å². The number of hydrogen-bond donors (Lipinski definition) is 1. The average molecular weight is 277 g/mol. The van der Waals surface area contributed by atoms with E-state index in [0.717, 1.165) is 19.0 Å². The second-order valence-corrected chi connectivity index (χ2v) is 6.87. The largest absolute Gasteiger partial charge is 0.316 e. The molecule has 1 N–H and O–H groups in total. The third kappa shape index (κ3) is 3.60. The van der Waals surface area contributed by atoms with E-state index in [1.54, 1.807) is 12.1 Å². The zero-order valence-corrected chi connectivity index (χ0v) is 13.1. The third-order valence-electron chi connectivity index (χ3n) is 4.53. The van der Waals surface area contributed by atoms with Gasteiger partial charge in [0, 0.05) is 12.0 Å². The van der Waals surface area contributed by atoms with Crippen molar-refractivity contribution in [1.82, 2.24) is 5.32 Å². The van der Waals surface area contributed by atoms with E-state index in [2.05, 4.69) is 26.1 Å². The first-order chi connectivity index (χ1) is 9.55. The fourth-order valence-corrected chi connectivity index (χ4v) is 3.54. The van der Waals surface area contributed by atoms with E-state index in [9.17, 15) is 4.39 Å². The van der Waals surface area contributed by atoms with Crippen LogP contribution in [0.25, 0.3) is 0 Å². The molecule has 0 heterocycles. The Morgan fingerprint density at radius 1 is 1.25 bits per heavy atom. The summed E-state index contributed by atoms with van der Waals surface area (Å²) >= 11 is 0. The smallest absolute Gasteiger partial charge is 0.123 e. The minimum atomic E-state index is -0.136. The molecule has 0 aliphatic heterocycles. The van der Waals surface area contributed by atoms with Crippen LogP contribution >= 0.6 is 0 Å². The van der Waals surface area contributed by atoms with Crippen LogP contribution in [-0.4, -0.2) is 13.1 Å². The molecule has 112 valence electrons. The van der Waals surface area contributed by atoms with Gasteiger partial charge in [0.05, 0.1) is 0 Å². The Morgan fingerprint density at radius 3 is 2.45 bits per heavy atom. The highest BCUT2D eigenvalue weighted by Gasteiger charge is 2.44. The molecule has 1 aliphatic rings. The molecule has 1 fully saturated rings. The van der Waals surface area contributed by atoms with E-state index >= 15 is 0 Å². The quantitative estimate of drug-likeness (QED) is 0.772. The van der Waals surface area contributed by atoms with Gasteiger partial charge in [-0.2, -0.15) is 0 Å². The Kier molecular flexibility index (Phi) is 5.20. The summed E-state index contributed by atoms with van der Waals surface area (Å²) in [7, 11) is 0. The van der Waals surface area contributed by atoms with Crippen molar-refractivity contribution >= 4 is 0 Å². The Labute approximate surface area is 123 Å². The van der Waals surface area contributed by atoms with Crippen molar-refractivity contribution in [2.75, 3.05) is 13.1 Å². The van der Waals surface area contributed by atoms with Crippen LogP contribution in [0.2, 0.25) is 0 Å². The van der Waals surface area contributed by atoms with Crippen LogP contribution in [0.1, 0.15) is 52.0 Å². The van der Waals surface area contributed by atoms with E-state index in [4.69, 9.17) is 0 Å². The molecule has 1 aliphatic carbocycles. The zero-order valence-electron chi connectivity index (χ0n) is 13.1. The van der Waals surface area contributed by atoms with Crippen molar-refractivity contribution in [2.45, 2.75) is 51.9 Å². The van der Waals surface area contributed by atoms with E-state index in [1.165, 1.54) is 31.2 Å². The number of nitrogens with one attached hydrogen (secondary N) is 1. The van der Waals surface area contributed by atoms with Gasteiger partial charge >= 0.3 is 0 Å². The van der Waals surface area contributed by atoms with E-state index < -0.39 is 0 Å². The summed E-state index contributed by atoms with van der Waals surface area (Å²) < 4.78 is 13.1. The van der Waals surface area contributed by atoms with Crippen molar-refractivity contribution in [1.29, 1.82) is 0 Å². The molecule has 1 nitrogen and oxygen atoms in total. The second kappa shape index (κ2) is 6.71. The molecule has 2 rings (SSSR count). The Morgan fingerprint density at radius 2 is 1.90 bits per heavy atom. The van der Waals surface area contributed by atoms with Gasteiger partial charge in [-0.1, -0.05) is 45.7 Å². The van der Waals surface area contributed by atoms with Crippen molar-refractivity contribution in [3.8, 4) is 0 Å². The summed E-state index contributed by atoms with van der Waals surface area (Å²) in [6.07, 6.45) is 5.09. The van der Waals surface area contributed by atoms with Gasteiger partial charge in [0.15, 0.2) is 0 Å². The van der Waals surface area contributed by atoms with Gasteiger partial charge in [-0.05, 0) is 48.9 Å². The highest BCUT2D eigenvalue weighted by Crippen LogP contribution is 2.49.